The van der Waals surface area contributed by atoms with Crippen LogP contribution in [0.15, 0.2) is 30.3 Å². The number of halogens is 2. The lowest BCUT2D eigenvalue weighted by atomic mass is 10.2. The molecule has 1 aromatic rings. The van der Waals surface area contributed by atoms with E-state index in [0.717, 1.165) is 5.56 Å². The van der Waals surface area contributed by atoms with Gasteiger partial charge in [0.15, 0.2) is 0 Å². The Morgan fingerprint density at radius 1 is 1.21 bits per heavy atom. The van der Waals surface area contributed by atoms with Gasteiger partial charge in [-0.3, -0.25) is 0 Å². The summed E-state index contributed by atoms with van der Waals surface area (Å²) in [5, 5.41) is 8.26. The van der Waals surface area contributed by atoms with E-state index >= 15 is 0 Å². The highest BCUT2D eigenvalue weighted by molar-refractivity contribution is 5.13. The zero-order chi connectivity index (χ0) is 10.4. The van der Waals surface area contributed by atoms with Crippen LogP contribution in [0, 0.1) is 0 Å². The molecule has 0 aromatic heterocycles. The Morgan fingerprint density at radius 3 is 2.43 bits per heavy atom. The lowest BCUT2D eigenvalue weighted by molar-refractivity contribution is -0.111. The Morgan fingerprint density at radius 2 is 1.86 bits per heavy atom. The van der Waals surface area contributed by atoms with Crippen molar-refractivity contribution in [2.45, 2.75) is 12.5 Å². The van der Waals surface area contributed by atoms with Gasteiger partial charge in [0.05, 0.1) is 6.61 Å². The summed E-state index contributed by atoms with van der Waals surface area (Å²) < 4.78 is 29.7. The highest BCUT2D eigenvalue weighted by atomic mass is 19.3. The molecule has 1 N–H and O–H groups in total. The van der Waals surface area contributed by atoms with Crippen LogP contribution in [-0.2, 0) is 11.3 Å². The Bertz CT molecular complexity index is 262. The summed E-state index contributed by atoms with van der Waals surface area (Å²) >= 11 is 0. The van der Waals surface area contributed by atoms with Crippen LogP contribution in [0.5, 0.6) is 0 Å². The molecule has 0 saturated heterocycles. The average Bonchev–Trinajstić information content (AvgIpc) is 2.19. The van der Waals surface area contributed by atoms with E-state index in [1.54, 1.807) is 12.1 Å². The van der Waals surface area contributed by atoms with E-state index in [4.69, 9.17) is 9.84 Å². The highest BCUT2D eigenvalue weighted by Crippen LogP contribution is 2.13. The Labute approximate surface area is 81.1 Å². The largest absolute Gasteiger partial charge is 0.390 e. The van der Waals surface area contributed by atoms with Gasteiger partial charge in [0.25, 0.3) is 5.92 Å². The van der Waals surface area contributed by atoms with Crippen molar-refractivity contribution in [3.8, 4) is 0 Å². The maximum absolute atomic E-state index is 12.5. The monoisotopic (exact) mass is 202 g/mol. The van der Waals surface area contributed by atoms with Gasteiger partial charge in [-0.15, -0.1) is 0 Å². The van der Waals surface area contributed by atoms with Crippen molar-refractivity contribution in [1.29, 1.82) is 0 Å². The molecule has 0 radical (unpaired) electrons. The fraction of sp³-hybridized carbons (Fsp3) is 0.400. The fourth-order valence-corrected chi connectivity index (χ4v) is 0.938. The first kappa shape index (κ1) is 11.1. The standard InChI is InChI=1S/C10H12F2O2/c11-10(12,7-13)8-14-6-9-4-2-1-3-5-9/h1-5,13H,6-8H2. The number of alkyl halides is 2. The molecule has 0 amide bonds. The first-order valence-corrected chi connectivity index (χ1v) is 4.24. The normalized spacial score (nSPS) is 11.6. The number of hydrogen-bond donors (Lipinski definition) is 1. The molecule has 1 rings (SSSR count). The van der Waals surface area contributed by atoms with Gasteiger partial charge in [-0.1, -0.05) is 30.3 Å². The van der Waals surface area contributed by atoms with Crippen LogP contribution in [0.25, 0.3) is 0 Å². The molecule has 14 heavy (non-hydrogen) atoms. The van der Waals surface area contributed by atoms with Crippen molar-refractivity contribution in [3.05, 3.63) is 35.9 Å². The Kier molecular flexibility index (Phi) is 3.98. The van der Waals surface area contributed by atoms with Crippen LogP contribution in [0.3, 0.4) is 0 Å². The van der Waals surface area contributed by atoms with Gasteiger partial charge in [0.2, 0.25) is 0 Å². The van der Waals surface area contributed by atoms with E-state index in [-0.39, 0.29) is 6.61 Å². The lowest BCUT2D eigenvalue weighted by Gasteiger charge is -2.13. The van der Waals surface area contributed by atoms with Crippen LogP contribution in [0.4, 0.5) is 8.78 Å². The summed E-state index contributed by atoms with van der Waals surface area (Å²) in [4.78, 5) is 0. The van der Waals surface area contributed by atoms with Gasteiger partial charge >= 0.3 is 0 Å². The van der Waals surface area contributed by atoms with Gasteiger partial charge in [0.1, 0.15) is 13.2 Å². The van der Waals surface area contributed by atoms with Crippen LogP contribution >= 0.6 is 0 Å². The van der Waals surface area contributed by atoms with Gasteiger partial charge in [-0.25, -0.2) is 8.78 Å². The molecule has 0 aliphatic rings. The second-order valence-corrected chi connectivity index (χ2v) is 2.99. The smallest absolute Gasteiger partial charge is 0.293 e. The summed E-state index contributed by atoms with van der Waals surface area (Å²) in [6, 6.07) is 9.03. The third kappa shape index (κ3) is 3.81. The molecule has 1 aromatic carbocycles. The van der Waals surface area contributed by atoms with Crippen molar-refractivity contribution in [1.82, 2.24) is 0 Å². The van der Waals surface area contributed by atoms with Crippen molar-refractivity contribution in [2.24, 2.45) is 0 Å². The average molecular weight is 202 g/mol. The molecule has 0 aliphatic heterocycles. The molecule has 0 heterocycles. The van der Waals surface area contributed by atoms with Gasteiger partial charge in [-0.05, 0) is 5.56 Å². The molecular formula is C10H12F2O2. The molecule has 0 aliphatic carbocycles. The highest BCUT2D eigenvalue weighted by Gasteiger charge is 2.27. The Balaban J connectivity index is 2.29. The van der Waals surface area contributed by atoms with E-state index in [1.807, 2.05) is 18.2 Å². The third-order valence-corrected chi connectivity index (χ3v) is 1.66. The SMILES string of the molecule is OCC(F)(F)COCc1ccccc1. The molecule has 0 spiro atoms. The maximum atomic E-state index is 12.5. The molecule has 2 nitrogen and oxygen atoms in total. The number of hydrogen-bond acceptors (Lipinski definition) is 2. The molecule has 0 atom stereocenters. The number of aliphatic hydroxyl groups is 1. The van der Waals surface area contributed by atoms with E-state index in [2.05, 4.69) is 0 Å². The third-order valence-electron chi connectivity index (χ3n) is 1.66. The predicted octanol–water partition coefficient (Wildman–Crippen LogP) is 1.83. The van der Waals surface area contributed by atoms with Crippen molar-refractivity contribution in [2.75, 3.05) is 13.2 Å². The van der Waals surface area contributed by atoms with E-state index in [1.165, 1.54) is 0 Å². The first-order valence-electron chi connectivity index (χ1n) is 4.24. The van der Waals surface area contributed by atoms with Crippen molar-refractivity contribution >= 4 is 0 Å². The topological polar surface area (TPSA) is 29.5 Å². The Hall–Kier alpha value is -1.00. The van der Waals surface area contributed by atoms with Gasteiger partial charge < -0.3 is 9.84 Å². The van der Waals surface area contributed by atoms with E-state index < -0.39 is 19.1 Å². The summed E-state index contributed by atoms with van der Waals surface area (Å²) in [6.45, 7) is -1.80. The number of ether oxygens (including phenoxy) is 1. The summed E-state index contributed by atoms with van der Waals surface area (Å²) in [6.07, 6.45) is 0. The molecule has 0 fully saturated rings. The molecule has 0 unspecified atom stereocenters. The molecule has 78 valence electrons. The van der Waals surface area contributed by atoms with Gasteiger partial charge in [-0.2, -0.15) is 0 Å². The summed E-state index contributed by atoms with van der Waals surface area (Å²) in [5.74, 6) is -3.14. The predicted molar refractivity (Wildman–Crippen MR) is 48.1 cm³/mol. The number of benzene rings is 1. The molecule has 0 bridgehead atoms. The minimum absolute atomic E-state index is 0.135. The summed E-state index contributed by atoms with van der Waals surface area (Å²) in [5.41, 5.74) is 0.834. The molecular weight excluding hydrogens is 190 g/mol. The van der Waals surface area contributed by atoms with Crippen LogP contribution < -0.4 is 0 Å². The molecule has 0 saturated carbocycles. The second-order valence-electron chi connectivity index (χ2n) is 2.99. The van der Waals surface area contributed by atoms with Crippen LogP contribution in [0.1, 0.15) is 5.56 Å². The summed E-state index contributed by atoms with van der Waals surface area (Å²) in [7, 11) is 0. The van der Waals surface area contributed by atoms with E-state index in [9.17, 15) is 8.78 Å². The van der Waals surface area contributed by atoms with Crippen molar-refractivity contribution in [3.63, 3.8) is 0 Å². The molecule has 4 heteroatoms. The number of aliphatic hydroxyl groups excluding tert-OH is 1. The zero-order valence-electron chi connectivity index (χ0n) is 7.62. The quantitative estimate of drug-likeness (QED) is 0.789. The maximum Gasteiger partial charge on any atom is 0.293 e. The zero-order valence-corrected chi connectivity index (χ0v) is 7.62. The minimum Gasteiger partial charge on any atom is -0.390 e. The van der Waals surface area contributed by atoms with Crippen LogP contribution in [0.2, 0.25) is 0 Å². The van der Waals surface area contributed by atoms with Crippen LogP contribution in [-0.4, -0.2) is 24.2 Å². The fourth-order valence-electron chi connectivity index (χ4n) is 0.938. The lowest BCUT2D eigenvalue weighted by Crippen LogP contribution is -2.27. The first-order chi connectivity index (χ1) is 6.64. The minimum atomic E-state index is -3.14. The van der Waals surface area contributed by atoms with E-state index in [0.29, 0.717) is 0 Å². The van der Waals surface area contributed by atoms with Gasteiger partial charge in [0, 0.05) is 0 Å². The second kappa shape index (κ2) is 5.02. The van der Waals surface area contributed by atoms with Crippen molar-refractivity contribution < 1.29 is 18.6 Å². The number of rotatable bonds is 5.